The summed E-state index contributed by atoms with van der Waals surface area (Å²) in [4.78, 5) is 25.2. The highest BCUT2D eigenvalue weighted by Gasteiger charge is 2.44. The average molecular weight is 481 g/mol. The van der Waals surface area contributed by atoms with Crippen molar-refractivity contribution in [2.75, 3.05) is 6.54 Å². The number of benzene rings is 2. The molecular weight excluding hydrogens is 448 g/mol. The summed E-state index contributed by atoms with van der Waals surface area (Å²) in [7, 11) is -3.21. The zero-order valence-corrected chi connectivity index (χ0v) is 20.2. The predicted octanol–water partition coefficient (Wildman–Crippen LogP) is 3.34. The number of aryl methyl sites for hydroxylation is 1. The van der Waals surface area contributed by atoms with Crippen molar-refractivity contribution in [3.05, 3.63) is 70.8 Å². The summed E-state index contributed by atoms with van der Waals surface area (Å²) < 4.78 is 25.7. The van der Waals surface area contributed by atoms with Gasteiger partial charge in [0.15, 0.2) is 9.84 Å². The molecule has 1 aliphatic heterocycles. The van der Waals surface area contributed by atoms with Gasteiger partial charge < -0.3 is 10.6 Å². The molecule has 3 aliphatic rings. The standard InChI is InChI=1S/C27H32N2O4S/c30-25(21-6-7-22-17-27(13-12-20(22)16-21)14-15-28-26(27)31)29-23-8-10-24(11-9-23)34(32,33)18-19-4-2-1-3-5-19/h1-7,16,23-24H,8-15,17-18H2,(H,28,31)(H,29,30). The highest BCUT2D eigenvalue weighted by molar-refractivity contribution is 7.91. The first-order chi connectivity index (χ1) is 16.3. The van der Waals surface area contributed by atoms with E-state index in [1.807, 2.05) is 48.5 Å². The van der Waals surface area contributed by atoms with Crippen LogP contribution in [0.15, 0.2) is 48.5 Å². The summed E-state index contributed by atoms with van der Waals surface area (Å²) >= 11 is 0. The molecule has 1 saturated carbocycles. The minimum absolute atomic E-state index is 0.00263. The third-order valence-corrected chi connectivity index (χ3v) is 10.2. The van der Waals surface area contributed by atoms with E-state index < -0.39 is 9.84 Å². The van der Waals surface area contributed by atoms with Crippen molar-refractivity contribution >= 4 is 21.7 Å². The lowest BCUT2D eigenvalue weighted by Crippen LogP contribution is -2.40. The van der Waals surface area contributed by atoms with Crippen LogP contribution >= 0.6 is 0 Å². The Labute approximate surface area is 201 Å². The number of rotatable bonds is 5. The number of sulfone groups is 1. The minimum atomic E-state index is -3.21. The van der Waals surface area contributed by atoms with Gasteiger partial charge in [0.2, 0.25) is 5.91 Å². The minimum Gasteiger partial charge on any atom is -0.356 e. The Morgan fingerprint density at radius 1 is 1.00 bits per heavy atom. The zero-order valence-electron chi connectivity index (χ0n) is 19.4. The molecule has 5 rings (SSSR count). The Kier molecular flexibility index (Phi) is 6.23. The van der Waals surface area contributed by atoms with Crippen LogP contribution in [0.4, 0.5) is 0 Å². The topological polar surface area (TPSA) is 92.3 Å². The molecule has 2 amide bonds. The largest absolute Gasteiger partial charge is 0.356 e. The second-order valence-corrected chi connectivity index (χ2v) is 12.5. The van der Waals surface area contributed by atoms with E-state index in [2.05, 4.69) is 10.6 Å². The average Bonchev–Trinajstić information content (AvgIpc) is 3.18. The lowest BCUT2D eigenvalue weighted by Gasteiger charge is -2.32. The summed E-state index contributed by atoms with van der Waals surface area (Å²) in [5, 5.41) is 5.75. The quantitative estimate of drug-likeness (QED) is 0.687. The third-order valence-electron chi connectivity index (χ3n) is 7.97. The molecule has 2 aromatic carbocycles. The molecule has 2 fully saturated rings. The molecule has 180 valence electrons. The maximum Gasteiger partial charge on any atom is 0.251 e. The lowest BCUT2D eigenvalue weighted by atomic mass is 9.70. The normalized spacial score (nSPS) is 26.6. The van der Waals surface area contributed by atoms with Gasteiger partial charge in [-0.2, -0.15) is 0 Å². The Morgan fingerprint density at radius 2 is 1.76 bits per heavy atom. The van der Waals surface area contributed by atoms with Gasteiger partial charge in [-0.1, -0.05) is 36.4 Å². The van der Waals surface area contributed by atoms with Crippen LogP contribution in [0.25, 0.3) is 0 Å². The summed E-state index contributed by atoms with van der Waals surface area (Å²) in [5.74, 6) is 0.145. The Hall–Kier alpha value is -2.67. The van der Waals surface area contributed by atoms with Crippen LogP contribution < -0.4 is 10.6 Å². The van der Waals surface area contributed by atoms with Crippen molar-refractivity contribution in [1.82, 2.24) is 10.6 Å². The highest BCUT2D eigenvalue weighted by atomic mass is 32.2. The summed E-state index contributed by atoms with van der Waals surface area (Å²) in [6.07, 6.45) is 5.78. The van der Waals surface area contributed by atoms with Gasteiger partial charge in [-0.25, -0.2) is 8.42 Å². The maximum absolute atomic E-state index is 12.9. The second-order valence-electron chi connectivity index (χ2n) is 10.2. The van der Waals surface area contributed by atoms with Crippen molar-refractivity contribution in [2.24, 2.45) is 5.41 Å². The predicted molar refractivity (Wildman–Crippen MR) is 131 cm³/mol. The second kappa shape index (κ2) is 9.17. The van der Waals surface area contributed by atoms with E-state index in [4.69, 9.17) is 0 Å². The van der Waals surface area contributed by atoms with Crippen LogP contribution in [0, 0.1) is 5.41 Å². The van der Waals surface area contributed by atoms with Crippen LogP contribution in [0.3, 0.4) is 0 Å². The molecule has 1 saturated heterocycles. The van der Waals surface area contributed by atoms with Gasteiger partial charge in [0.1, 0.15) is 0 Å². The number of nitrogens with one attached hydrogen (secondary N) is 2. The fraction of sp³-hybridized carbons (Fsp3) is 0.481. The molecule has 0 aromatic heterocycles. The Morgan fingerprint density at radius 3 is 2.47 bits per heavy atom. The molecule has 2 aromatic rings. The summed E-state index contributed by atoms with van der Waals surface area (Å²) in [6, 6.07) is 15.1. The molecule has 2 aliphatic carbocycles. The first-order valence-corrected chi connectivity index (χ1v) is 14.0. The molecule has 7 heteroatoms. The van der Waals surface area contributed by atoms with Crippen molar-refractivity contribution < 1.29 is 18.0 Å². The van der Waals surface area contributed by atoms with E-state index in [-0.39, 0.29) is 34.3 Å². The van der Waals surface area contributed by atoms with Crippen LogP contribution in [-0.2, 0) is 33.2 Å². The number of amides is 2. The van der Waals surface area contributed by atoms with Crippen LogP contribution in [0.5, 0.6) is 0 Å². The Balaban J connectivity index is 1.17. The SMILES string of the molecule is O=C(NC1CCC(S(=O)(=O)Cc2ccccc2)CC1)c1ccc2c(c1)CCC1(CCNC1=O)C2. The van der Waals surface area contributed by atoms with Gasteiger partial charge >= 0.3 is 0 Å². The molecule has 6 nitrogen and oxygen atoms in total. The van der Waals surface area contributed by atoms with Gasteiger partial charge in [-0.05, 0) is 80.2 Å². The van der Waals surface area contributed by atoms with E-state index in [0.717, 1.165) is 43.4 Å². The molecule has 1 unspecified atom stereocenters. The summed E-state index contributed by atoms with van der Waals surface area (Å²) in [5.41, 5.74) is 3.53. The smallest absolute Gasteiger partial charge is 0.251 e. The lowest BCUT2D eigenvalue weighted by molar-refractivity contribution is -0.128. The molecular formula is C27H32N2O4S. The fourth-order valence-corrected chi connectivity index (χ4v) is 7.77. The number of hydrogen-bond acceptors (Lipinski definition) is 4. The van der Waals surface area contributed by atoms with Crippen LogP contribution in [0.2, 0.25) is 0 Å². The molecule has 0 bridgehead atoms. The van der Waals surface area contributed by atoms with Gasteiger partial charge in [0.05, 0.1) is 16.4 Å². The van der Waals surface area contributed by atoms with Gasteiger partial charge in [-0.15, -0.1) is 0 Å². The van der Waals surface area contributed by atoms with Gasteiger partial charge in [0.25, 0.3) is 5.91 Å². The monoisotopic (exact) mass is 480 g/mol. The van der Waals surface area contributed by atoms with Gasteiger partial charge in [0, 0.05) is 18.2 Å². The maximum atomic E-state index is 12.9. The highest BCUT2D eigenvalue weighted by Crippen LogP contribution is 2.41. The van der Waals surface area contributed by atoms with Gasteiger partial charge in [-0.3, -0.25) is 9.59 Å². The zero-order chi connectivity index (χ0) is 23.8. The van der Waals surface area contributed by atoms with E-state index >= 15 is 0 Å². The molecule has 2 N–H and O–H groups in total. The van der Waals surface area contributed by atoms with Crippen LogP contribution in [-0.4, -0.2) is 38.1 Å². The van der Waals surface area contributed by atoms with E-state index in [9.17, 15) is 18.0 Å². The fourth-order valence-electron chi connectivity index (χ4n) is 5.88. The number of fused-ring (bicyclic) bond motifs is 1. The first kappa shape index (κ1) is 23.1. The van der Waals surface area contributed by atoms with Crippen molar-refractivity contribution in [2.45, 2.75) is 68.4 Å². The van der Waals surface area contributed by atoms with Crippen molar-refractivity contribution in [1.29, 1.82) is 0 Å². The Bertz CT molecular complexity index is 1190. The number of carbonyl (C=O) groups excluding carboxylic acids is 2. The molecule has 1 atom stereocenters. The first-order valence-electron chi connectivity index (χ1n) is 12.3. The molecule has 0 radical (unpaired) electrons. The van der Waals surface area contributed by atoms with E-state index in [0.29, 0.717) is 31.2 Å². The van der Waals surface area contributed by atoms with E-state index in [1.165, 1.54) is 5.56 Å². The third kappa shape index (κ3) is 4.63. The van der Waals surface area contributed by atoms with Crippen LogP contribution in [0.1, 0.15) is 65.6 Å². The van der Waals surface area contributed by atoms with E-state index in [1.54, 1.807) is 0 Å². The molecule has 34 heavy (non-hydrogen) atoms. The molecule has 1 spiro atoms. The van der Waals surface area contributed by atoms with Crippen molar-refractivity contribution in [3.63, 3.8) is 0 Å². The number of hydrogen-bond donors (Lipinski definition) is 2. The summed E-state index contributed by atoms with van der Waals surface area (Å²) in [6.45, 7) is 0.754. The van der Waals surface area contributed by atoms with Crippen molar-refractivity contribution in [3.8, 4) is 0 Å². The number of carbonyl (C=O) groups is 2. The molecule has 1 heterocycles.